The van der Waals surface area contributed by atoms with Crippen molar-refractivity contribution in [2.24, 2.45) is 0 Å². The van der Waals surface area contributed by atoms with E-state index >= 15 is 0 Å². The molecule has 0 atom stereocenters. The number of ether oxygens (including phenoxy) is 1. The molecule has 0 aromatic heterocycles. The molecule has 98 valence electrons. The zero-order valence-corrected chi connectivity index (χ0v) is 11.8. The predicted octanol–water partition coefficient (Wildman–Crippen LogP) is 2.10. The van der Waals surface area contributed by atoms with Gasteiger partial charge in [-0.15, -0.1) is 0 Å². The molecule has 0 saturated carbocycles. The molecule has 1 heterocycles. The van der Waals surface area contributed by atoms with Crippen LogP contribution in [0, 0.1) is 0 Å². The van der Waals surface area contributed by atoms with Crippen LogP contribution >= 0.6 is 24.0 Å². The molecule has 1 saturated heterocycles. The van der Waals surface area contributed by atoms with Crippen molar-refractivity contribution >= 4 is 40.2 Å². The molecule has 0 spiro atoms. The molecule has 1 amide bonds. The molecule has 1 fully saturated rings. The normalized spacial score (nSPS) is 17.1. The summed E-state index contributed by atoms with van der Waals surface area (Å²) in [6, 6.07) is 9.55. The van der Waals surface area contributed by atoms with Gasteiger partial charge in [0.2, 0.25) is 0 Å². The van der Waals surface area contributed by atoms with Crippen LogP contribution in [0.4, 0.5) is 0 Å². The number of amides is 1. The van der Waals surface area contributed by atoms with Crippen molar-refractivity contribution < 1.29 is 14.3 Å². The third kappa shape index (κ3) is 3.21. The number of hydrogen-bond acceptors (Lipinski definition) is 5. The van der Waals surface area contributed by atoms with Crippen LogP contribution in [0.1, 0.15) is 5.56 Å². The van der Waals surface area contributed by atoms with Crippen molar-refractivity contribution in [2.75, 3.05) is 7.11 Å². The van der Waals surface area contributed by atoms with E-state index in [0.29, 0.717) is 15.8 Å². The Labute approximate surface area is 120 Å². The zero-order valence-electron chi connectivity index (χ0n) is 10.2. The van der Waals surface area contributed by atoms with E-state index in [0.717, 1.165) is 17.3 Å². The maximum atomic E-state index is 12.1. The van der Waals surface area contributed by atoms with Crippen LogP contribution < -0.4 is 0 Å². The second-order valence-electron chi connectivity index (χ2n) is 3.78. The van der Waals surface area contributed by atoms with E-state index in [1.807, 2.05) is 30.3 Å². The summed E-state index contributed by atoms with van der Waals surface area (Å²) in [5, 5.41) is 0. The monoisotopic (exact) mass is 293 g/mol. The summed E-state index contributed by atoms with van der Waals surface area (Å²) < 4.78 is 4.95. The summed E-state index contributed by atoms with van der Waals surface area (Å²) in [6.07, 6.45) is 1.17. The number of carbonyl (C=O) groups is 2. The first kappa shape index (κ1) is 13.8. The molecule has 6 heteroatoms. The van der Waals surface area contributed by atoms with Gasteiger partial charge >= 0.3 is 5.97 Å². The standard InChI is InChI=1S/C13H11NO3S2/c1-17-11(15)7-10-12(16)14(13(18)19-10)8-9-5-3-2-4-6-9/h2-7H,8H2,1H3. The first-order chi connectivity index (χ1) is 9.11. The van der Waals surface area contributed by atoms with E-state index in [2.05, 4.69) is 4.74 Å². The van der Waals surface area contributed by atoms with Gasteiger partial charge in [-0.2, -0.15) is 0 Å². The SMILES string of the molecule is COC(=O)C=C1SC(=S)N(Cc2ccccc2)C1=O. The van der Waals surface area contributed by atoms with Crippen molar-refractivity contribution in [1.82, 2.24) is 4.90 Å². The van der Waals surface area contributed by atoms with Crippen LogP contribution in [0.15, 0.2) is 41.3 Å². The molecule has 1 aliphatic rings. The Morgan fingerprint density at radius 2 is 2.11 bits per heavy atom. The highest BCUT2D eigenvalue weighted by Crippen LogP contribution is 2.31. The number of methoxy groups -OCH3 is 1. The number of rotatable bonds is 3. The Kier molecular flexibility index (Phi) is 4.34. The minimum absolute atomic E-state index is 0.260. The molecule has 1 aromatic rings. The maximum absolute atomic E-state index is 12.1. The lowest BCUT2D eigenvalue weighted by molar-refractivity contribution is -0.135. The second kappa shape index (κ2) is 5.99. The fourth-order valence-corrected chi connectivity index (χ4v) is 2.78. The van der Waals surface area contributed by atoms with Gasteiger partial charge in [0.05, 0.1) is 18.6 Å². The highest BCUT2D eigenvalue weighted by atomic mass is 32.2. The molecule has 19 heavy (non-hydrogen) atoms. The second-order valence-corrected chi connectivity index (χ2v) is 5.45. The molecule has 4 nitrogen and oxygen atoms in total. The molecule has 2 rings (SSSR count). The zero-order chi connectivity index (χ0) is 13.8. The van der Waals surface area contributed by atoms with Crippen LogP contribution in [0.3, 0.4) is 0 Å². The number of thiocarbonyl (C=S) groups is 1. The quantitative estimate of drug-likeness (QED) is 0.485. The lowest BCUT2D eigenvalue weighted by Crippen LogP contribution is -2.27. The summed E-state index contributed by atoms with van der Waals surface area (Å²) in [7, 11) is 1.27. The Morgan fingerprint density at radius 1 is 1.42 bits per heavy atom. The number of carbonyl (C=O) groups excluding carboxylic acids is 2. The average Bonchev–Trinajstić information content (AvgIpc) is 2.67. The summed E-state index contributed by atoms with van der Waals surface area (Å²) in [5.74, 6) is -0.815. The molecule has 0 bridgehead atoms. The maximum Gasteiger partial charge on any atom is 0.331 e. The van der Waals surface area contributed by atoms with Crippen LogP contribution in [0.2, 0.25) is 0 Å². The van der Waals surface area contributed by atoms with Gasteiger partial charge in [-0.05, 0) is 5.56 Å². The van der Waals surface area contributed by atoms with E-state index in [-0.39, 0.29) is 5.91 Å². The van der Waals surface area contributed by atoms with Crippen molar-refractivity contribution in [3.63, 3.8) is 0 Å². The fourth-order valence-electron chi connectivity index (χ4n) is 1.57. The molecule has 1 aromatic carbocycles. The summed E-state index contributed by atoms with van der Waals surface area (Å²) in [5.41, 5.74) is 0.984. The highest BCUT2D eigenvalue weighted by Gasteiger charge is 2.32. The van der Waals surface area contributed by atoms with Gasteiger partial charge in [0, 0.05) is 6.08 Å². The summed E-state index contributed by atoms with van der Waals surface area (Å²) >= 11 is 6.27. The lowest BCUT2D eigenvalue weighted by Gasteiger charge is -2.14. The fraction of sp³-hybridized carbons (Fsp3) is 0.154. The molecular formula is C13H11NO3S2. The Morgan fingerprint density at radius 3 is 2.74 bits per heavy atom. The average molecular weight is 293 g/mol. The van der Waals surface area contributed by atoms with Crippen molar-refractivity contribution in [2.45, 2.75) is 6.54 Å². The molecule has 0 radical (unpaired) electrons. The molecule has 0 unspecified atom stereocenters. The third-order valence-corrected chi connectivity index (χ3v) is 3.89. The van der Waals surface area contributed by atoms with Crippen molar-refractivity contribution in [1.29, 1.82) is 0 Å². The van der Waals surface area contributed by atoms with Gasteiger partial charge in [-0.1, -0.05) is 54.3 Å². The molecule has 1 aliphatic heterocycles. The third-order valence-electron chi connectivity index (χ3n) is 2.51. The number of hydrogen-bond donors (Lipinski definition) is 0. The number of benzene rings is 1. The topological polar surface area (TPSA) is 46.6 Å². The number of thioether (sulfide) groups is 1. The van der Waals surface area contributed by atoms with E-state index in [4.69, 9.17) is 12.2 Å². The first-order valence-electron chi connectivity index (χ1n) is 5.49. The van der Waals surface area contributed by atoms with Crippen molar-refractivity contribution in [3.8, 4) is 0 Å². The van der Waals surface area contributed by atoms with Gasteiger partial charge in [0.15, 0.2) is 0 Å². The number of nitrogens with zero attached hydrogens (tertiary/aromatic N) is 1. The van der Waals surface area contributed by atoms with E-state index in [9.17, 15) is 9.59 Å². The Bertz CT molecular complexity index is 554. The number of esters is 1. The van der Waals surface area contributed by atoms with E-state index in [1.165, 1.54) is 18.1 Å². The molecule has 0 aliphatic carbocycles. The Balaban J connectivity index is 2.15. The summed E-state index contributed by atoms with van der Waals surface area (Å²) in [6.45, 7) is 0.407. The van der Waals surface area contributed by atoms with Crippen LogP contribution in [0.25, 0.3) is 0 Å². The highest BCUT2D eigenvalue weighted by molar-refractivity contribution is 8.26. The minimum Gasteiger partial charge on any atom is -0.466 e. The van der Waals surface area contributed by atoms with Gasteiger partial charge < -0.3 is 4.74 Å². The largest absolute Gasteiger partial charge is 0.466 e. The molecule has 0 N–H and O–H groups in total. The van der Waals surface area contributed by atoms with Gasteiger partial charge in [0.1, 0.15) is 4.32 Å². The van der Waals surface area contributed by atoms with Crippen molar-refractivity contribution in [3.05, 3.63) is 46.9 Å². The van der Waals surface area contributed by atoms with Crippen LogP contribution in [-0.2, 0) is 20.9 Å². The van der Waals surface area contributed by atoms with Gasteiger partial charge in [0.25, 0.3) is 5.91 Å². The predicted molar refractivity (Wildman–Crippen MR) is 77.3 cm³/mol. The summed E-state index contributed by atoms with van der Waals surface area (Å²) in [4.78, 5) is 25.0. The lowest BCUT2D eigenvalue weighted by atomic mass is 10.2. The smallest absolute Gasteiger partial charge is 0.331 e. The van der Waals surface area contributed by atoms with E-state index < -0.39 is 5.97 Å². The minimum atomic E-state index is -0.555. The van der Waals surface area contributed by atoms with E-state index in [1.54, 1.807) is 0 Å². The van der Waals surface area contributed by atoms with Crippen LogP contribution in [0.5, 0.6) is 0 Å². The molecular weight excluding hydrogens is 282 g/mol. The van der Waals surface area contributed by atoms with Gasteiger partial charge in [-0.3, -0.25) is 9.69 Å². The van der Waals surface area contributed by atoms with Gasteiger partial charge in [-0.25, -0.2) is 4.79 Å². The van der Waals surface area contributed by atoms with Crippen LogP contribution in [-0.4, -0.2) is 28.2 Å². The Hall–Kier alpha value is -1.66. The first-order valence-corrected chi connectivity index (χ1v) is 6.71.